The van der Waals surface area contributed by atoms with Crippen LogP contribution in [0.1, 0.15) is 25.7 Å². The summed E-state index contributed by atoms with van der Waals surface area (Å²) in [4.78, 5) is 1.95. The van der Waals surface area contributed by atoms with Crippen LogP contribution in [0.25, 0.3) is 0 Å². The Morgan fingerprint density at radius 3 is 1.73 bits per heavy atom. The van der Waals surface area contributed by atoms with Gasteiger partial charge in [-0.3, -0.25) is 14.5 Å². The quantitative estimate of drug-likeness (QED) is 0.270. The van der Waals surface area contributed by atoms with Gasteiger partial charge in [-0.2, -0.15) is 8.42 Å². The monoisotopic (exact) mass is 239 g/mol. The summed E-state index contributed by atoms with van der Waals surface area (Å²) in [7, 11) is -4.67. The number of likely N-dealkylation sites (tertiary alicyclic amines) is 1. The van der Waals surface area contributed by atoms with E-state index in [0.717, 1.165) is 13.1 Å². The zero-order valence-corrected chi connectivity index (χ0v) is 9.20. The van der Waals surface area contributed by atoms with Crippen molar-refractivity contribution in [3.63, 3.8) is 0 Å². The van der Waals surface area contributed by atoms with E-state index in [-0.39, 0.29) is 5.96 Å². The second-order valence-electron chi connectivity index (χ2n) is 3.23. The molecule has 0 aliphatic carbocycles. The number of nitrogens with one attached hydrogen (secondary N) is 1. The van der Waals surface area contributed by atoms with Gasteiger partial charge < -0.3 is 10.6 Å². The van der Waals surface area contributed by atoms with Crippen molar-refractivity contribution in [3.05, 3.63) is 0 Å². The van der Waals surface area contributed by atoms with Crippen molar-refractivity contribution in [2.75, 3.05) is 13.1 Å². The first-order valence-electron chi connectivity index (χ1n) is 4.59. The van der Waals surface area contributed by atoms with E-state index in [1.807, 2.05) is 4.90 Å². The number of guanidine groups is 1. The molecule has 8 heteroatoms. The minimum absolute atomic E-state index is 0.238. The topological polar surface area (TPSA) is 128 Å². The number of nitrogens with zero attached hydrogens (tertiary/aromatic N) is 1. The number of nitrogens with two attached hydrogens (primary N) is 1. The lowest BCUT2D eigenvalue weighted by atomic mass is 10.2. The third-order valence-electron chi connectivity index (χ3n) is 1.95. The standard InChI is InChI=1S/C7H15N3.H2O4S/c8-7(9)10-5-3-1-2-4-6-10;1-5(2,3)4/h1-6H2,(H3,8,9);(H2,1,2,3,4). The van der Waals surface area contributed by atoms with Crippen LogP contribution < -0.4 is 5.73 Å². The lowest BCUT2D eigenvalue weighted by Gasteiger charge is -2.19. The highest BCUT2D eigenvalue weighted by atomic mass is 32.3. The lowest BCUT2D eigenvalue weighted by molar-refractivity contribution is 0.381. The number of hydrogen-bond donors (Lipinski definition) is 4. The molecule has 1 aliphatic heterocycles. The minimum atomic E-state index is -4.67. The second kappa shape index (κ2) is 6.59. The van der Waals surface area contributed by atoms with Gasteiger partial charge in [0.25, 0.3) is 0 Å². The molecule has 90 valence electrons. The van der Waals surface area contributed by atoms with Gasteiger partial charge in [0.2, 0.25) is 0 Å². The molecule has 1 rings (SSSR count). The first-order valence-corrected chi connectivity index (χ1v) is 5.99. The van der Waals surface area contributed by atoms with Crippen molar-refractivity contribution in [3.8, 4) is 0 Å². The molecule has 1 heterocycles. The Labute approximate surface area is 89.3 Å². The summed E-state index contributed by atoms with van der Waals surface area (Å²) in [6.07, 6.45) is 4.98. The molecular weight excluding hydrogens is 222 g/mol. The summed E-state index contributed by atoms with van der Waals surface area (Å²) in [6, 6.07) is 0. The molecule has 0 saturated carbocycles. The summed E-state index contributed by atoms with van der Waals surface area (Å²) >= 11 is 0. The van der Waals surface area contributed by atoms with Gasteiger partial charge in [-0.15, -0.1) is 0 Å². The van der Waals surface area contributed by atoms with Crippen LogP contribution in [0.4, 0.5) is 0 Å². The zero-order chi connectivity index (χ0) is 11.9. The molecule has 1 saturated heterocycles. The Morgan fingerprint density at radius 1 is 1.13 bits per heavy atom. The third-order valence-corrected chi connectivity index (χ3v) is 1.95. The van der Waals surface area contributed by atoms with Gasteiger partial charge in [0.15, 0.2) is 5.96 Å². The van der Waals surface area contributed by atoms with E-state index in [1.165, 1.54) is 25.7 Å². The van der Waals surface area contributed by atoms with E-state index in [1.54, 1.807) is 0 Å². The van der Waals surface area contributed by atoms with E-state index in [9.17, 15) is 0 Å². The van der Waals surface area contributed by atoms with Crippen molar-refractivity contribution in [2.24, 2.45) is 5.73 Å². The van der Waals surface area contributed by atoms with E-state index >= 15 is 0 Å². The predicted molar refractivity (Wildman–Crippen MR) is 56.1 cm³/mol. The first-order chi connectivity index (χ1) is 6.80. The van der Waals surface area contributed by atoms with Gasteiger partial charge in [0, 0.05) is 13.1 Å². The summed E-state index contributed by atoms with van der Waals surface area (Å²) in [5, 5.41) is 7.19. The van der Waals surface area contributed by atoms with E-state index < -0.39 is 10.4 Å². The summed E-state index contributed by atoms with van der Waals surface area (Å²) in [5.74, 6) is 0.238. The molecule has 0 unspecified atom stereocenters. The molecule has 0 aromatic rings. The zero-order valence-electron chi connectivity index (χ0n) is 8.39. The fourth-order valence-corrected chi connectivity index (χ4v) is 1.31. The maximum Gasteiger partial charge on any atom is 0.394 e. The van der Waals surface area contributed by atoms with Crippen LogP contribution in [-0.4, -0.2) is 41.5 Å². The van der Waals surface area contributed by atoms with Gasteiger partial charge in [-0.25, -0.2) is 0 Å². The van der Waals surface area contributed by atoms with E-state index in [2.05, 4.69) is 0 Å². The summed E-state index contributed by atoms with van der Waals surface area (Å²) in [5.41, 5.74) is 5.35. The Hall–Kier alpha value is -0.860. The molecule has 7 nitrogen and oxygen atoms in total. The molecule has 0 atom stereocenters. The van der Waals surface area contributed by atoms with Crippen LogP contribution in [0.5, 0.6) is 0 Å². The molecule has 15 heavy (non-hydrogen) atoms. The average molecular weight is 239 g/mol. The fourth-order valence-electron chi connectivity index (χ4n) is 1.31. The second-order valence-corrected chi connectivity index (χ2v) is 4.13. The first kappa shape index (κ1) is 14.1. The molecular formula is C7H17N3O4S. The van der Waals surface area contributed by atoms with Crippen LogP contribution in [0, 0.1) is 5.41 Å². The Morgan fingerprint density at radius 2 is 1.47 bits per heavy atom. The van der Waals surface area contributed by atoms with E-state index in [0.29, 0.717) is 0 Å². The number of rotatable bonds is 0. The van der Waals surface area contributed by atoms with Gasteiger partial charge >= 0.3 is 10.4 Å². The smallest absolute Gasteiger partial charge is 0.370 e. The van der Waals surface area contributed by atoms with E-state index in [4.69, 9.17) is 28.7 Å². The SMILES string of the molecule is N=C(N)N1CCCCCC1.O=S(=O)(O)O. The molecule has 0 amide bonds. The Kier molecular flexibility index (Phi) is 6.21. The number of hydrogen-bond acceptors (Lipinski definition) is 3. The van der Waals surface area contributed by atoms with Crippen molar-refractivity contribution in [2.45, 2.75) is 25.7 Å². The van der Waals surface area contributed by atoms with Gasteiger partial charge in [-0.05, 0) is 12.8 Å². The highest BCUT2D eigenvalue weighted by Gasteiger charge is 2.08. The normalized spacial score (nSPS) is 17.3. The highest BCUT2D eigenvalue weighted by Crippen LogP contribution is 2.08. The maximum absolute atomic E-state index is 8.74. The summed E-state index contributed by atoms with van der Waals surface area (Å²) < 4.78 is 31.6. The third kappa shape index (κ3) is 11.1. The van der Waals surface area contributed by atoms with Gasteiger partial charge in [0.1, 0.15) is 0 Å². The van der Waals surface area contributed by atoms with Gasteiger partial charge in [0.05, 0.1) is 0 Å². The van der Waals surface area contributed by atoms with Crippen LogP contribution >= 0.6 is 0 Å². The fraction of sp³-hybridized carbons (Fsp3) is 0.857. The predicted octanol–water partition coefficient (Wildman–Crippen LogP) is 0.103. The van der Waals surface area contributed by atoms with Crippen LogP contribution in [0.15, 0.2) is 0 Å². The molecule has 0 bridgehead atoms. The lowest BCUT2D eigenvalue weighted by Crippen LogP contribution is -2.36. The van der Waals surface area contributed by atoms with Crippen molar-refractivity contribution >= 4 is 16.4 Å². The molecule has 0 aromatic carbocycles. The molecule has 1 aliphatic rings. The van der Waals surface area contributed by atoms with Crippen molar-refractivity contribution < 1.29 is 17.5 Å². The van der Waals surface area contributed by atoms with Crippen LogP contribution in [-0.2, 0) is 10.4 Å². The molecule has 0 radical (unpaired) electrons. The average Bonchev–Trinajstić information content (AvgIpc) is 2.27. The highest BCUT2D eigenvalue weighted by molar-refractivity contribution is 7.79. The van der Waals surface area contributed by atoms with Crippen LogP contribution in [0.3, 0.4) is 0 Å². The van der Waals surface area contributed by atoms with Gasteiger partial charge in [-0.1, -0.05) is 12.8 Å². The Balaban J connectivity index is 0.000000336. The minimum Gasteiger partial charge on any atom is -0.370 e. The van der Waals surface area contributed by atoms with Crippen molar-refractivity contribution in [1.29, 1.82) is 5.41 Å². The molecule has 0 aromatic heterocycles. The van der Waals surface area contributed by atoms with Crippen LogP contribution in [0.2, 0.25) is 0 Å². The molecule has 0 spiro atoms. The summed E-state index contributed by atoms with van der Waals surface area (Å²) in [6.45, 7) is 1.96. The largest absolute Gasteiger partial charge is 0.394 e. The molecule has 5 N–H and O–H groups in total. The maximum atomic E-state index is 8.74. The van der Waals surface area contributed by atoms with Crippen molar-refractivity contribution in [1.82, 2.24) is 4.90 Å². The molecule has 1 fully saturated rings. The Bertz CT molecular complexity index is 275.